The first-order valence-electron chi connectivity index (χ1n) is 44.3. The number of esters is 1. The van der Waals surface area contributed by atoms with Gasteiger partial charge in [-0.05, 0) is 129 Å². The average molecular weight is 1980 g/mol. The van der Waals surface area contributed by atoms with Gasteiger partial charge < -0.3 is 88.3 Å². The highest BCUT2D eigenvalue weighted by Gasteiger charge is 2.66. The van der Waals surface area contributed by atoms with E-state index in [1.54, 1.807) is 120 Å². The number of fused-ring (bicyclic) bond motifs is 3. The molecule has 3 unspecified atom stereocenters. The number of aromatic nitrogens is 3. The zero-order valence-electron chi connectivity index (χ0n) is 81.2. The van der Waals surface area contributed by atoms with E-state index in [1.165, 1.54) is 22.0 Å². The fourth-order valence-electron chi connectivity index (χ4n) is 16.1. The number of aliphatic hydroxyl groups is 2. The summed E-state index contributed by atoms with van der Waals surface area (Å²) in [5.74, 6) is -1.42. The number of nitrogens with one attached hydrogen (secondary N) is 5. The van der Waals surface area contributed by atoms with Crippen molar-refractivity contribution in [2.75, 3.05) is 89.1 Å². The molecule has 14 atom stereocenters. The molecule has 6 amide bonds. The first-order valence-corrected chi connectivity index (χ1v) is 47.2. The van der Waals surface area contributed by atoms with Crippen LogP contribution in [0.4, 0.5) is 4.79 Å². The van der Waals surface area contributed by atoms with Gasteiger partial charge in [-0.25, -0.2) is 43.8 Å². The van der Waals surface area contributed by atoms with Gasteiger partial charge in [0.25, 0.3) is 17.7 Å². The first kappa shape index (κ1) is 109. The zero-order valence-corrected chi connectivity index (χ0v) is 83.7. The maximum absolute atomic E-state index is 14.0. The number of hydrogen-bond acceptors (Lipinski definition) is 32. The number of carboxylic acid groups (broad SMARTS) is 1. The molecule has 137 heavy (non-hydrogen) atoms. The van der Waals surface area contributed by atoms with Crippen molar-refractivity contribution in [3.63, 3.8) is 0 Å². The van der Waals surface area contributed by atoms with Crippen molar-refractivity contribution in [1.29, 1.82) is 0 Å². The molecule has 6 aromatic rings. The van der Waals surface area contributed by atoms with Crippen LogP contribution in [0.5, 0.6) is 52.1 Å². The predicted octanol–water partition coefficient (Wildman–Crippen LogP) is 8.10. The monoisotopic (exact) mass is 1970 g/mol. The number of rotatable bonds is 33. The number of aliphatic imine (C=N–C) groups is 1. The van der Waals surface area contributed by atoms with Crippen molar-refractivity contribution in [1.82, 2.24) is 59.1 Å². The number of carboxylic acids is 1. The third-order valence-electron chi connectivity index (χ3n) is 24.2. The lowest BCUT2D eigenvalue weighted by Gasteiger charge is -2.32. The molecular formula is C93H128ClN13O28S2. The van der Waals surface area contributed by atoms with E-state index < -0.39 is 155 Å². The van der Waals surface area contributed by atoms with Crippen LogP contribution in [0, 0.1) is 49.4 Å². The number of likely N-dealkylation sites (tertiary alicyclic amines) is 2. The standard InChI is InChI=1S/C32H45N5O10S.C29H35N3O7.C26H35N5O8S.C6H12O3.ClH/c1-10-19-16-32(19,30(41)35-48(42,43)36(7)45-9)34-28(39)22-14-20(17-37(22)29(40)27(38)31(4,5)6)47-24-15-25(46-11-2)33-26-18(3)23(44-8)13-12-21(24)26;1-8-17-14-29(17)26(33)38-25(31-29)20-12-18(15-32(20)27(34)39-28(4,5)6)37-22-13-23(36-9-2)30-24-16(3)21(35-7)11-10-19(22)24;1-7-16-13-26(16,25(33)30-40(34,35)31(4)37-6)29-24(32)19-11-17(14-27-19)39-21-12-22(38-8-2)28-23-15(3)20(36-5)10-9-18(21)23;1-6(2,3)4(7)5(8)9;/h10,12-13,15,19-20,22,27,38H,1,11,14,16-17H2,2-9H3,(H,34,39)(H,35,41);8,10-11,13,17-18,20H,1,9,12,14-15H2,2-7H3;7,9-10,12,16-17,19,27H,1,8,11,13-14H2,2-6H3,(H,29,32)(H,30,33);4,7H,1-3H3,(H,8,9);1H/t19?,20-,22+,27-,32-;17?,18-,20+,29-;16?,17-,19+,26-;4-;/m1111./s1. The topological polar surface area (TPSA) is 510 Å². The molecule has 44 heteroatoms. The number of nitrogens with zero attached hydrogens (tertiary/aromatic N) is 8. The Bertz CT molecular complexity index is 5830. The van der Waals surface area contributed by atoms with Crippen LogP contribution in [0.2, 0.25) is 0 Å². The summed E-state index contributed by atoms with van der Waals surface area (Å²) in [5.41, 5.74) is -1.65. The number of aryl methyl sites for hydroxylation is 3. The average Bonchev–Trinajstić information content (AvgIpc) is 1.55. The number of aliphatic carboxylic acids is 1. The number of carbonyl (C=O) groups is 8. The van der Waals surface area contributed by atoms with Gasteiger partial charge in [0, 0.05) is 109 Å². The number of methoxy groups -OCH3 is 3. The molecule has 752 valence electrons. The number of benzene rings is 3. The number of cyclic esters (lactones) is 1. The van der Waals surface area contributed by atoms with Gasteiger partial charge >= 0.3 is 38.5 Å². The van der Waals surface area contributed by atoms with Crippen LogP contribution >= 0.6 is 12.4 Å². The van der Waals surface area contributed by atoms with E-state index in [0.29, 0.717) is 129 Å². The molecule has 7 heterocycles. The van der Waals surface area contributed by atoms with Gasteiger partial charge in [-0.2, -0.15) is 16.8 Å². The van der Waals surface area contributed by atoms with Crippen LogP contribution < -0.4 is 68.0 Å². The molecule has 0 radical (unpaired) electrons. The Morgan fingerprint density at radius 1 is 0.569 bits per heavy atom. The maximum atomic E-state index is 14.0. The van der Waals surface area contributed by atoms with Gasteiger partial charge in [-0.15, -0.1) is 32.1 Å². The van der Waals surface area contributed by atoms with Crippen molar-refractivity contribution in [3.05, 3.63) is 109 Å². The highest BCUT2D eigenvalue weighted by Crippen LogP contribution is 2.53. The second-order valence-corrected chi connectivity index (χ2v) is 40.2. The van der Waals surface area contributed by atoms with Gasteiger partial charge in [-0.3, -0.25) is 38.5 Å². The molecule has 3 saturated heterocycles. The summed E-state index contributed by atoms with van der Waals surface area (Å²) >= 11 is 0. The Labute approximate surface area is 803 Å². The van der Waals surface area contributed by atoms with Crippen LogP contribution in [0.3, 0.4) is 0 Å². The molecular weight excluding hydrogens is 1850 g/mol. The Morgan fingerprint density at radius 2 is 0.964 bits per heavy atom. The van der Waals surface area contributed by atoms with E-state index >= 15 is 0 Å². The van der Waals surface area contributed by atoms with Crippen molar-refractivity contribution in [2.45, 2.75) is 213 Å². The molecule has 41 nitrogen and oxygen atoms in total. The van der Waals surface area contributed by atoms with Gasteiger partial charge in [0.05, 0.1) is 91.1 Å². The largest absolute Gasteiger partial charge is 0.496 e. The normalized spacial score (nSPS) is 23.4. The molecule has 6 fully saturated rings. The molecule has 13 rings (SSSR count). The summed E-state index contributed by atoms with van der Waals surface area (Å²) in [7, 11) is 0.646. The summed E-state index contributed by atoms with van der Waals surface area (Å²) in [6, 6.07) is 13.7. The van der Waals surface area contributed by atoms with Crippen LogP contribution in [-0.2, 0) is 73.1 Å². The molecule has 0 bridgehead atoms. The van der Waals surface area contributed by atoms with E-state index in [2.05, 4.69) is 60.5 Å². The molecule has 3 aromatic carbocycles. The van der Waals surface area contributed by atoms with Crippen LogP contribution in [0.15, 0.2) is 97.6 Å². The van der Waals surface area contributed by atoms with E-state index in [0.717, 1.165) is 55.8 Å². The molecule has 7 aliphatic rings. The summed E-state index contributed by atoms with van der Waals surface area (Å²) < 4.78 is 119. The smallest absolute Gasteiger partial charge is 0.411 e. The number of halogens is 1. The van der Waals surface area contributed by atoms with Crippen molar-refractivity contribution >= 4 is 119 Å². The van der Waals surface area contributed by atoms with E-state index in [4.69, 9.17) is 67.2 Å². The maximum Gasteiger partial charge on any atom is 0.411 e. The second-order valence-electron chi connectivity index (χ2n) is 36.8. The Balaban J connectivity index is 0.000000220. The highest BCUT2D eigenvalue weighted by molar-refractivity contribution is 7.87. The third kappa shape index (κ3) is 24.4. The number of amides is 6. The minimum Gasteiger partial charge on any atom is -0.496 e. The minimum atomic E-state index is -4.38. The lowest BCUT2D eigenvalue weighted by Crippen LogP contribution is -2.58. The minimum absolute atomic E-state index is 0. The SMILES string of the molecule is C=CC1C[C@@]12N=C([C@@H]1C[C@@H](Oc3cc(OCC)nc4c(C)c(OC)ccc34)CN1C(=O)OC(C)(C)C)OC2=O.C=CC1C[C@]1(NC(=O)[C@@H]1C[C@@H](Oc2cc(OCC)nc3c(C)c(OC)ccc23)CN1)C(=O)NS(=O)(=O)N(C)OC.C=CC1C[C@]1(NC(=O)[C@@H]1C[C@@H](Oc2cc(OCC)nc3c(C)c(OC)ccc23)CN1C(=O)[C@@H](O)C(C)(C)C)C(=O)NS(=O)(=O)N(C)OC.CC(C)(C)[C@H](O)C(=O)O.Cl. The zero-order chi connectivity index (χ0) is 101. The lowest BCUT2D eigenvalue weighted by atomic mass is 9.88. The van der Waals surface area contributed by atoms with Crippen LogP contribution in [-0.4, -0.2) is 279 Å². The fraction of sp³-hybridized carbons (Fsp3) is 0.548. The van der Waals surface area contributed by atoms with Gasteiger partial charge in [0.1, 0.15) is 87.7 Å². The first-order chi connectivity index (χ1) is 63.8. The number of ether oxygens (including phenoxy) is 11. The van der Waals surface area contributed by atoms with Crippen LogP contribution in [0.1, 0.15) is 138 Å². The van der Waals surface area contributed by atoms with Crippen molar-refractivity contribution in [3.8, 4) is 52.1 Å². The van der Waals surface area contributed by atoms with Gasteiger partial charge in [-0.1, -0.05) is 68.7 Å². The number of pyridine rings is 3. The van der Waals surface area contributed by atoms with Gasteiger partial charge in [0.2, 0.25) is 35.4 Å². The van der Waals surface area contributed by atoms with Crippen molar-refractivity contribution < 1.29 is 132 Å². The number of hydroxylamine groups is 2. The molecule has 4 aliphatic heterocycles. The van der Waals surface area contributed by atoms with E-state index in [9.17, 15) is 60.3 Å². The lowest BCUT2D eigenvalue weighted by molar-refractivity contribution is -0.152. The Kier molecular flexibility index (Phi) is 34.8. The molecule has 3 aliphatic carbocycles. The van der Waals surface area contributed by atoms with E-state index in [1.807, 2.05) is 75.3 Å². The molecule has 3 saturated carbocycles. The number of carbonyl (C=O) groups excluding carboxylic acids is 7. The summed E-state index contributed by atoms with van der Waals surface area (Å²) in [6.07, 6.45) is 1.45. The molecule has 3 aromatic heterocycles. The predicted molar refractivity (Wildman–Crippen MR) is 506 cm³/mol. The van der Waals surface area contributed by atoms with E-state index in [-0.39, 0.29) is 62.7 Å². The quantitative estimate of drug-likeness (QED) is 0.0109. The summed E-state index contributed by atoms with van der Waals surface area (Å²) in [5, 5.41) is 38.9. The van der Waals surface area contributed by atoms with Gasteiger partial charge in [0.15, 0.2) is 11.6 Å². The number of hydrogen-bond donors (Lipinski definition) is 8. The van der Waals surface area contributed by atoms with Crippen LogP contribution in [0.25, 0.3) is 32.7 Å². The van der Waals surface area contributed by atoms with Crippen molar-refractivity contribution in [2.24, 2.45) is 33.6 Å². The molecule has 8 N–H and O–H groups in total. The molecule has 1 spiro atoms. The summed E-state index contributed by atoms with van der Waals surface area (Å²) in [4.78, 5) is 134. The summed E-state index contributed by atoms with van der Waals surface area (Å²) in [6.45, 7) is 39.7. The third-order valence-corrected chi connectivity index (χ3v) is 26.7. The number of aliphatic hydroxyl groups excluding tert-OH is 2. The Morgan fingerprint density at radius 3 is 1.31 bits per heavy atom. The highest BCUT2D eigenvalue weighted by atomic mass is 35.5. The second kappa shape index (κ2) is 43.6. The fourth-order valence-corrected chi connectivity index (χ4v) is 17.5. The Hall–Kier alpha value is -11.5.